The fourth-order valence-electron chi connectivity index (χ4n) is 3.07. The van der Waals surface area contributed by atoms with Crippen LogP contribution in [0, 0.1) is 5.92 Å². The number of benzene rings is 1. The first-order valence-corrected chi connectivity index (χ1v) is 12.6. The highest BCUT2D eigenvalue weighted by molar-refractivity contribution is 7.91. The van der Waals surface area contributed by atoms with Gasteiger partial charge in [-0.15, -0.1) is 0 Å². The molecule has 1 aliphatic heterocycles. The van der Waals surface area contributed by atoms with Gasteiger partial charge in [0.2, 0.25) is 15.9 Å². The van der Waals surface area contributed by atoms with Crippen molar-refractivity contribution in [2.75, 3.05) is 29.9 Å². The minimum atomic E-state index is -3.71. The molecule has 1 aliphatic rings. The van der Waals surface area contributed by atoms with Crippen molar-refractivity contribution in [3.8, 4) is 5.75 Å². The van der Waals surface area contributed by atoms with Crippen molar-refractivity contribution in [1.29, 1.82) is 0 Å². The minimum absolute atomic E-state index is 0.0170. The highest BCUT2D eigenvalue weighted by Gasteiger charge is 2.33. The van der Waals surface area contributed by atoms with E-state index in [2.05, 4.69) is 5.32 Å². The van der Waals surface area contributed by atoms with Crippen molar-refractivity contribution in [1.82, 2.24) is 4.31 Å². The van der Waals surface area contributed by atoms with Gasteiger partial charge in [-0.1, -0.05) is 13.8 Å². The van der Waals surface area contributed by atoms with Crippen LogP contribution in [0.4, 0.5) is 5.69 Å². The number of hydrogen-bond donors (Lipinski definition) is 1. The quantitative estimate of drug-likeness (QED) is 0.672. The number of anilines is 1. The second-order valence-electron chi connectivity index (χ2n) is 7.00. The van der Waals surface area contributed by atoms with Crippen molar-refractivity contribution in [3.05, 3.63) is 18.2 Å². The molecule has 0 aliphatic carbocycles. The van der Waals surface area contributed by atoms with Gasteiger partial charge in [-0.2, -0.15) is 4.31 Å². The molecule has 0 spiro atoms. The summed E-state index contributed by atoms with van der Waals surface area (Å²) in [6.45, 7) is 7.78. The van der Waals surface area contributed by atoms with Gasteiger partial charge in [0.15, 0.2) is 9.84 Å². The van der Waals surface area contributed by atoms with Gasteiger partial charge in [-0.05, 0) is 38.5 Å². The van der Waals surface area contributed by atoms with Crippen LogP contribution in [0.15, 0.2) is 23.1 Å². The summed E-state index contributed by atoms with van der Waals surface area (Å²) < 4.78 is 55.9. The second-order valence-corrected chi connectivity index (χ2v) is 11.2. The molecule has 0 saturated carbocycles. The first-order valence-electron chi connectivity index (χ1n) is 9.32. The molecule has 1 aromatic carbocycles. The van der Waals surface area contributed by atoms with Crippen molar-refractivity contribution >= 4 is 31.5 Å². The van der Waals surface area contributed by atoms with Crippen LogP contribution in [0.2, 0.25) is 0 Å². The van der Waals surface area contributed by atoms with E-state index in [0.29, 0.717) is 18.8 Å². The summed E-state index contributed by atoms with van der Waals surface area (Å²) in [5.41, 5.74) is 0.219. The van der Waals surface area contributed by atoms with Gasteiger partial charge in [0.25, 0.3) is 0 Å². The van der Waals surface area contributed by atoms with Gasteiger partial charge in [-0.3, -0.25) is 4.79 Å². The molecule has 1 amide bonds. The fraction of sp³-hybridized carbons (Fsp3) is 0.611. The van der Waals surface area contributed by atoms with Crippen molar-refractivity contribution in [2.45, 2.75) is 45.1 Å². The first kappa shape index (κ1) is 22.6. The van der Waals surface area contributed by atoms with E-state index in [-0.39, 0.29) is 34.6 Å². The molecule has 1 unspecified atom stereocenters. The number of hydrogen-bond acceptors (Lipinski definition) is 6. The van der Waals surface area contributed by atoms with E-state index in [4.69, 9.17) is 4.74 Å². The summed E-state index contributed by atoms with van der Waals surface area (Å²) in [6.07, 6.45) is 0.0687. The van der Waals surface area contributed by atoms with Crippen molar-refractivity contribution in [3.63, 3.8) is 0 Å². The third-order valence-electron chi connectivity index (χ3n) is 4.52. The van der Waals surface area contributed by atoms with Crippen molar-refractivity contribution < 1.29 is 26.4 Å². The first-order chi connectivity index (χ1) is 13.0. The van der Waals surface area contributed by atoms with E-state index in [0.717, 1.165) is 0 Å². The molecule has 1 saturated heterocycles. The Morgan fingerprint density at radius 1 is 1.29 bits per heavy atom. The van der Waals surface area contributed by atoms with Crippen LogP contribution < -0.4 is 10.1 Å². The third-order valence-corrected chi connectivity index (χ3v) is 8.33. The highest BCUT2D eigenvalue weighted by Crippen LogP contribution is 2.31. The van der Waals surface area contributed by atoms with Crippen LogP contribution in [-0.2, 0) is 24.7 Å². The number of nitrogens with zero attached hydrogens (tertiary/aromatic N) is 1. The maximum absolute atomic E-state index is 12.8. The second kappa shape index (κ2) is 8.79. The summed E-state index contributed by atoms with van der Waals surface area (Å²) in [5, 5.41) is 2.67. The maximum Gasteiger partial charge on any atom is 0.243 e. The van der Waals surface area contributed by atoms with Gasteiger partial charge in [-0.25, -0.2) is 16.8 Å². The average Bonchev–Trinajstić information content (AvgIpc) is 2.96. The number of nitrogens with one attached hydrogen (secondary N) is 1. The van der Waals surface area contributed by atoms with E-state index < -0.39 is 31.7 Å². The predicted octanol–water partition coefficient (Wildman–Crippen LogP) is 1.88. The number of amides is 1. The Labute approximate surface area is 167 Å². The van der Waals surface area contributed by atoms with Crippen LogP contribution in [0.3, 0.4) is 0 Å². The molecule has 158 valence electrons. The Morgan fingerprint density at radius 2 is 1.93 bits per heavy atom. The Bertz CT molecular complexity index is 921. The molecule has 1 heterocycles. The number of carbonyl (C=O) groups is 1. The lowest BCUT2D eigenvalue weighted by molar-refractivity contribution is -0.119. The lowest BCUT2D eigenvalue weighted by Gasteiger charge is -2.21. The zero-order chi connectivity index (χ0) is 21.1. The minimum Gasteiger partial charge on any atom is -0.489 e. The fourth-order valence-corrected chi connectivity index (χ4v) is 6.30. The van der Waals surface area contributed by atoms with E-state index in [1.165, 1.54) is 22.5 Å². The Kier molecular flexibility index (Phi) is 7.11. The molecule has 0 bridgehead atoms. The number of sulfone groups is 1. The molecule has 1 aromatic rings. The lowest BCUT2D eigenvalue weighted by Crippen LogP contribution is -2.31. The summed E-state index contributed by atoms with van der Waals surface area (Å²) in [4.78, 5) is 12.6. The van der Waals surface area contributed by atoms with Crippen LogP contribution >= 0.6 is 0 Å². The number of carbonyl (C=O) groups excluding carboxylic acids is 1. The number of sulfonamides is 1. The van der Waals surface area contributed by atoms with Gasteiger partial charge in [0.1, 0.15) is 5.75 Å². The van der Waals surface area contributed by atoms with Gasteiger partial charge in [0, 0.05) is 13.1 Å². The van der Waals surface area contributed by atoms with E-state index in [1.54, 1.807) is 13.8 Å². The van der Waals surface area contributed by atoms with Crippen LogP contribution in [0.25, 0.3) is 0 Å². The maximum atomic E-state index is 12.8. The standard InChI is InChI=1S/C18H28N2O6S2/c1-5-20(6-2)28(24,25)15-7-8-17(26-13(3)4)16(11-15)19-18(21)14-9-10-27(22,23)12-14/h7-8,11,13-14H,5-6,9-10,12H2,1-4H3,(H,19,21). The zero-order valence-corrected chi connectivity index (χ0v) is 18.3. The summed E-state index contributed by atoms with van der Waals surface area (Å²) in [5.74, 6) is -0.984. The van der Waals surface area contributed by atoms with Gasteiger partial charge in [0.05, 0.1) is 34.1 Å². The molecule has 0 radical (unpaired) electrons. The third kappa shape index (κ3) is 5.24. The normalized spacial score (nSPS) is 19.1. The summed E-state index contributed by atoms with van der Waals surface area (Å²) in [7, 11) is -6.92. The predicted molar refractivity (Wildman–Crippen MR) is 108 cm³/mol. The Balaban J connectivity index is 2.38. The lowest BCUT2D eigenvalue weighted by atomic mass is 10.1. The topological polar surface area (TPSA) is 110 Å². The number of rotatable bonds is 8. The largest absolute Gasteiger partial charge is 0.489 e. The average molecular weight is 433 g/mol. The molecule has 1 atom stereocenters. The van der Waals surface area contributed by atoms with Crippen LogP contribution in [0.5, 0.6) is 5.75 Å². The van der Waals surface area contributed by atoms with E-state index in [9.17, 15) is 21.6 Å². The Hall–Kier alpha value is -1.65. The van der Waals surface area contributed by atoms with E-state index >= 15 is 0 Å². The molecule has 0 aromatic heterocycles. The molecular weight excluding hydrogens is 404 g/mol. The summed E-state index contributed by atoms with van der Waals surface area (Å²) in [6, 6.07) is 4.32. The molecule has 1 fully saturated rings. The smallest absolute Gasteiger partial charge is 0.243 e. The van der Waals surface area contributed by atoms with Crippen LogP contribution in [-0.4, -0.2) is 57.7 Å². The summed E-state index contributed by atoms with van der Waals surface area (Å²) >= 11 is 0. The van der Waals surface area contributed by atoms with Gasteiger partial charge < -0.3 is 10.1 Å². The highest BCUT2D eigenvalue weighted by atomic mass is 32.2. The van der Waals surface area contributed by atoms with E-state index in [1.807, 2.05) is 13.8 Å². The van der Waals surface area contributed by atoms with Crippen LogP contribution in [0.1, 0.15) is 34.1 Å². The molecule has 28 heavy (non-hydrogen) atoms. The Morgan fingerprint density at radius 3 is 2.43 bits per heavy atom. The number of ether oxygens (including phenoxy) is 1. The SMILES string of the molecule is CCN(CC)S(=O)(=O)c1ccc(OC(C)C)c(NC(=O)C2CCS(=O)(=O)C2)c1. The monoisotopic (exact) mass is 432 g/mol. The zero-order valence-electron chi connectivity index (χ0n) is 16.6. The van der Waals surface area contributed by atoms with Crippen molar-refractivity contribution in [2.24, 2.45) is 5.92 Å². The molecule has 1 N–H and O–H groups in total. The molecular formula is C18H28N2O6S2. The molecule has 2 rings (SSSR count). The van der Waals surface area contributed by atoms with Gasteiger partial charge >= 0.3 is 0 Å². The molecule has 8 nitrogen and oxygen atoms in total. The molecule has 10 heteroatoms.